The number of fused-ring (bicyclic) bond motifs is 1. The van der Waals surface area contributed by atoms with Crippen LogP contribution in [0.3, 0.4) is 0 Å². The number of carbonyl (C=O) groups excluding carboxylic acids is 1. The molecule has 0 aromatic heterocycles. The summed E-state index contributed by atoms with van der Waals surface area (Å²) < 4.78 is 0. The molecule has 2 rings (SSSR count). The van der Waals surface area contributed by atoms with Crippen LogP contribution in [0.2, 0.25) is 0 Å². The van der Waals surface area contributed by atoms with E-state index in [1.807, 2.05) is 0 Å². The van der Waals surface area contributed by atoms with Crippen LogP contribution >= 0.6 is 0 Å². The third-order valence-electron chi connectivity index (χ3n) is 7.19. The number of carbonyl (C=O) groups is 1. The Kier molecular flexibility index (Phi) is 5.21. The molecule has 1 nitrogen and oxygen atoms in total. The fraction of sp³-hybridized carbons (Fsp3) is 0.950. The Bertz CT molecular complexity index is 359. The van der Waals surface area contributed by atoms with Crippen LogP contribution in [0.5, 0.6) is 0 Å². The van der Waals surface area contributed by atoms with Crippen molar-refractivity contribution in [3.05, 3.63) is 0 Å². The van der Waals surface area contributed by atoms with E-state index < -0.39 is 0 Å². The second-order valence-corrected chi connectivity index (χ2v) is 9.15. The van der Waals surface area contributed by atoms with Gasteiger partial charge in [-0.2, -0.15) is 0 Å². The predicted molar refractivity (Wildman–Crippen MR) is 90.2 cm³/mol. The number of rotatable bonds is 5. The Labute approximate surface area is 132 Å². The van der Waals surface area contributed by atoms with Crippen molar-refractivity contribution >= 4 is 6.29 Å². The average molecular weight is 293 g/mol. The molecule has 2 fully saturated rings. The predicted octanol–water partition coefficient (Wildman–Crippen LogP) is 5.87. The van der Waals surface area contributed by atoms with Crippen LogP contribution < -0.4 is 0 Å². The van der Waals surface area contributed by atoms with Gasteiger partial charge in [0, 0.05) is 6.42 Å². The zero-order chi connectivity index (χ0) is 15.7. The lowest BCUT2D eigenvalue weighted by molar-refractivity contribution is -0.109. The van der Waals surface area contributed by atoms with Gasteiger partial charge in [-0.1, -0.05) is 53.9 Å². The van der Waals surface area contributed by atoms with Crippen molar-refractivity contribution in [3.63, 3.8) is 0 Å². The number of aldehydes is 1. The molecule has 0 aliphatic heterocycles. The van der Waals surface area contributed by atoms with Crippen LogP contribution in [0.1, 0.15) is 86.0 Å². The monoisotopic (exact) mass is 292 g/mol. The Morgan fingerprint density at radius 1 is 1.19 bits per heavy atom. The fourth-order valence-electron chi connectivity index (χ4n) is 5.97. The van der Waals surface area contributed by atoms with Gasteiger partial charge in [0.15, 0.2) is 0 Å². The lowest BCUT2D eigenvalue weighted by atomic mass is 9.46. The molecule has 0 amide bonds. The first-order valence-electron chi connectivity index (χ1n) is 9.25. The molecule has 2 aliphatic rings. The summed E-state index contributed by atoms with van der Waals surface area (Å²) in [6.45, 7) is 12.3. The highest BCUT2D eigenvalue weighted by atomic mass is 16.1. The van der Waals surface area contributed by atoms with Crippen LogP contribution in [-0.2, 0) is 4.79 Å². The Hall–Kier alpha value is -0.330. The van der Waals surface area contributed by atoms with Crippen LogP contribution in [0.25, 0.3) is 0 Å². The van der Waals surface area contributed by atoms with Crippen molar-refractivity contribution in [1.82, 2.24) is 0 Å². The lowest BCUT2D eigenvalue weighted by Crippen LogP contribution is -2.51. The van der Waals surface area contributed by atoms with Crippen LogP contribution in [0, 0.1) is 34.5 Å². The van der Waals surface area contributed by atoms with Gasteiger partial charge < -0.3 is 4.79 Å². The third-order valence-corrected chi connectivity index (χ3v) is 7.19. The van der Waals surface area contributed by atoms with Gasteiger partial charge in [-0.3, -0.25) is 0 Å². The van der Waals surface area contributed by atoms with Gasteiger partial charge >= 0.3 is 0 Å². The maximum Gasteiger partial charge on any atom is 0.120 e. The van der Waals surface area contributed by atoms with Gasteiger partial charge in [-0.15, -0.1) is 0 Å². The molecular weight excluding hydrogens is 256 g/mol. The highest BCUT2D eigenvalue weighted by molar-refractivity contribution is 5.49. The molecule has 5 unspecified atom stereocenters. The molecule has 2 aliphatic carbocycles. The summed E-state index contributed by atoms with van der Waals surface area (Å²) in [6.07, 6.45) is 11.5. The Morgan fingerprint density at radius 2 is 1.90 bits per heavy atom. The van der Waals surface area contributed by atoms with Crippen molar-refractivity contribution in [2.45, 2.75) is 86.0 Å². The Morgan fingerprint density at radius 3 is 2.57 bits per heavy atom. The molecule has 1 heteroatoms. The highest BCUT2D eigenvalue weighted by Crippen LogP contribution is 2.62. The smallest absolute Gasteiger partial charge is 0.120 e. The minimum atomic E-state index is 0.528. The van der Waals surface area contributed by atoms with Crippen molar-refractivity contribution in [2.75, 3.05) is 0 Å². The molecule has 0 radical (unpaired) electrons. The normalized spacial score (nSPS) is 40.3. The summed E-state index contributed by atoms with van der Waals surface area (Å²) in [6, 6.07) is 0. The van der Waals surface area contributed by atoms with Crippen LogP contribution in [0.4, 0.5) is 0 Å². The molecule has 5 atom stereocenters. The van der Waals surface area contributed by atoms with E-state index >= 15 is 0 Å². The molecule has 21 heavy (non-hydrogen) atoms. The van der Waals surface area contributed by atoms with E-state index in [9.17, 15) is 4.79 Å². The Balaban J connectivity index is 2.11. The van der Waals surface area contributed by atoms with E-state index in [2.05, 4.69) is 34.6 Å². The first-order valence-corrected chi connectivity index (χ1v) is 9.25. The maximum absolute atomic E-state index is 10.7. The fourth-order valence-corrected chi connectivity index (χ4v) is 5.97. The molecule has 0 aromatic carbocycles. The summed E-state index contributed by atoms with van der Waals surface area (Å²) in [5.74, 6) is 3.20. The van der Waals surface area contributed by atoms with E-state index in [-0.39, 0.29) is 0 Å². The van der Waals surface area contributed by atoms with Crippen molar-refractivity contribution < 1.29 is 4.79 Å². The minimum Gasteiger partial charge on any atom is -0.303 e. The van der Waals surface area contributed by atoms with Gasteiger partial charge in [-0.25, -0.2) is 0 Å². The molecule has 0 N–H and O–H groups in total. The van der Waals surface area contributed by atoms with Gasteiger partial charge in [-0.05, 0) is 60.2 Å². The highest BCUT2D eigenvalue weighted by Gasteiger charge is 2.53. The van der Waals surface area contributed by atoms with Crippen LogP contribution in [-0.4, -0.2) is 6.29 Å². The molecule has 122 valence electrons. The van der Waals surface area contributed by atoms with Crippen molar-refractivity contribution in [2.24, 2.45) is 34.5 Å². The topological polar surface area (TPSA) is 17.1 Å². The van der Waals surface area contributed by atoms with Crippen LogP contribution in [0.15, 0.2) is 0 Å². The summed E-state index contributed by atoms with van der Waals surface area (Å²) in [4.78, 5) is 10.7. The molecule has 0 bridgehead atoms. The van der Waals surface area contributed by atoms with E-state index in [1.54, 1.807) is 0 Å². The molecule has 2 saturated carbocycles. The second kappa shape index (κ2) is 6.42. The minimum absolute atomic E-state index is 0.528. The summed E-state index contributed by atoms with van der Waals surface area (Å²) in [5.41, 5.74) is 1.07. The first kappa shape index (κ1) is 17.0. The van der Waals surface area contributed by atoms with Gasteiger partial charge in [0.1, 0.15) is 6.29 Å². The maximum atomic E-state index is 10.7. The van der Waals surface area contributed by atoms with Gasteiger partial charge in [0.25, 0.3) is 0 Å². The summed E-state index contributed by atoms with van der Waals surface area (Å²) >= 11 is 0. The van der Waals surface area contributed by atoms with E-state index in [1.165, 1.54) is 44.9 Å². The van der Waals surface area contributed by atoms with Gasteiger partial charge in [0.05, 0.1) is 0 Å². The molecule has 0 spiro atoms. The molecule has 0 saturated heterocycles. The van der Waals surface area contributed by atoms with Crippen molar-refractivity contribution in [3.8, 4) is 0 Å². The van der Waals surface area contributed by atoms with Gasteiger partial charge in [0.2, 0.25) is 0 Å². The third kappa shape index (κ3) is 3.37. The molecule has 0 heterocycles. The zero-order valence-corrected chi connectivity index (χ0v) is 15.0. The zero-order valence-electron chi connectivity index (χ0n) is 15.0. The quantitative estimate of drug-likeness (QED) is 0.579. The van der Waals surface area contributed by atoms with Crippen molar-refractivity contribution in [1.29, 1.82) is 0 Å². The summed E-state index contributed by atoms with van der Waals surface area (Å²) in [5, 5.41) is 0. The number of hydrogen-bond acceptors (Lipinski definition) is 1. The average Bonchev–Trinajstić information content (AvgIpc) is 2.37. The van der Waals surface area contributed by atoms with E-state index in [4.69, 9.17) is 0 Å². The molecule has 0 aromatic rings. The van der Waals surface area contributed by atoms with E-state index in [0.717, 1.165) is 30.5 Å². The second-order valence-electron chi connectivity index (χ2n) is 9.15. The molecular formula is C20H36O. The summed E-state index contributed by atoms with van der Waals surface area (Å²) in [7, 11) is 0. The largest absolute Gasteiger partial charge is 0.303 e. The SMILES string of the molecule is CC(CC=O)CCC1C(C)CCC2C(C)(C)CCCC12C. The number of hydrogen-bond donors (Lipinski definition) is 0. The van der Waals surface area contributed by atoms with E-state index in [0.29, 0.717) is 16.7 Å². The first-order chi connectivity index (χ1) is 9.81. The lowest BCUT2D eigenvalue weighted by Gasteiger charge is -2.59. The standard InChI is InChI=1S/C20H36O/c1-15(11-14-21)7-9-17-16(2)8-10-18-19(3,4)12-6-13-20(17,18)5/h14-18H,6-13H2,1-5H3.